The molecule has 0 aliphatic heterocycles. The molecule has 1 aromatic heterocycles. The van der Waals surface area contributed by atoms with E-state index in [1.165, 1.54) is 5.56 Å². The summed E-state index contributed by atoms with van der Waals surface area (Å²) in [5, 5.41) is 0. The summed E-state index contributed by atoms with van der Waals surface area (Å²) < 4.78 is 11.0. The molecule has 0 aliphatic rings. The third-order valence-electron chi connectivity index (χ3n) is 2.67. The van der Waals surface area contributed by atoms with E-state index in [4.69, 9.17) is 15.3 Å². The third-order valence-corrected chi connectivity index (χ3v) is 2.67. The standard InChI is InChI=1S/C14H19N5O2/c1-3-8-20-13-16-12(19-15)17-14(18-13)21-11-7-5-6-10(4-2)9-11/h5-7,9H,3-4,8,15H2,1-2H3,(H,16,17,18,19). The molecule has 0 amide bonds. The molecule has 0 unspecified atom stereocenters. The second kappa shape index (κ2) is 7.39. The molecule has 0 spiro atoms. The van der Waals surface area contributed by atoms with Gasteiger partial charge in [0.2, 0.25) is 5.95 Å². The van der Waals surface area contributed by atoms with Crippen LogP contribution in [0.1, 0.15) is 25.8 Å². The molecular weight excluding hydrogens is 270 g/mol. The van der Waals surface area contributed by atoms with Crippen molar-refractivity contribution in [2.24, 2.45) is 5.84 Å². The Bertz CT molecular complexity index is 591. The number of nitrogen functional groups attached to an aromatic ring is 1. The average molecular weight is 289 g/mol. The molecular formula is C14H19N5O2. The predicted octanol–water partition coefficient (Wildman–Crippen LogP) is 2.30. The maximum Gasteiger partial charge on any atom is 0.330 e. The lowest BCUT2D eigenvalue weighted by Gasteiger charge is -2.08. The molecule has 7 heteroatoms. The van der Waals surface area contributed by atoms with Gasteiger partial charge >= 0.3 is 12.0 Å². The van der Waals surface area contributed by atoms with Crippen LogP contribution < -0.4 is 20.7 Å². The maximum absolute atomic E-state index is 5.65. The molecule has 1 heterocycles. The zero-order valence-corrected chi connectivity index (χ0v) is 12.2. The Balaban J connectivity index is 2.21. The highest BCUT2D eigenvalue weighted by Gasteiger charge is 2.09. The van der Waals surface area contributed by atoms with Crippen molar-refractivity contribution in [2.45, 2.75) is 26.7 Å². The van der Waals surface area contributed by atoms with E-state index in [1.807, 2.05) is 31.2 Å². The van der Waals surface area contributed by atoms with E-state index in [-0.39, 0.29) is 18.0 Å². The highest BCUT2D eigenvalue weighted by Crippen LogP contribution is 2.21. The molecule has 0 saturated carbocycles. The van der Waals surface area contributed by atoms with E-state index in [0.29, 0.717) is 12.4 Å². The maximum atomic E-state index is 5.65. The second-order valence-electron chi connectivity index (χ2n) is 4.32. The van der Waals surface area contributed by atoms with Crippen molar-refractivity contribution in [2.75, 3.05) is 12.0 Å². The van der Waals surface area contributed by atoms with Crippen molar-refractivity contribution < 1.29 is 9.47 Å². The fourth-order valence-corrected chi connectivity index (χ4v) is 1.64. The van der Waals surface area contributed by atoms with Gasteiger partial charge in [-0.2, -0.15) is 9.97 Å². The zero-order valence-electron chi connectivity index (χ0n) is 12.2. The number of aromatic nitrogens is 3. The van der Waals surface area contributed by atoms with E-state index >= 15 is 0 Å². The summed E-state index contributed by atoms with van der Waals surface area (Å²) in [6, 6.07) is 8.05. The molecule has 21 heavy (non-hydrogen) atoms. The van der Waals surface area contributed by atoms with E-state index in [1.54, 1.807) is 0 Å². The van der Waals surface area contributed by atoms with Crippen molar-refractivity contribution in [1.82, 2.24) is 15.0 Å². The number of nitrogens with two attached hydrogens (primary N) is 1. The predicted molar refractivity (Wildman–Crippen MR) is 79.3 cm³/mol. The Morgan fingerprint density at radius 3 is 2.67 bits per heavy atom. The van der Waals surface area contributed by atoms with Gasteiger partial charge in [0.25, 0.3) is 0 Å². The van der Waals surface area contributed by atoms with Gasteiger partial charge in [0.1, 0.15) is 5.75 Å². The summed E-state index contributed by atoms with van der Waals surface area (Å²) in [7, 11) is 0. The zero-order chi connectivity index (χ0) is 15.1. The average Bonchev–Trinajstić information content (AvgIpc) is 2.52. The monoisotopic (exact) mass is 289 g/mol. The van der Waals surface area contributed by atoms with Gasteiger partial charge < -0.3 is 9.47 Å². The van der Waals surface area contributed by atoms with Crippen LogP contribution in [0.3, 0.4) is 0 Å². The van der Waals surface area contributed by atoms with Crippen molar-refractivity contribution >= 4 is 5.95 Å². The van der Waals surface area contributed by atoms with Crippen LogP contribution in [0.4, 0.5) is 5.95 Å². The molecule has 0 fully saturated rings. The van der Waals surface area contributed by atoms with E-state index in [2.05, 4.69) is 27.3 Å². The molecule has 3 N–H and O–H groups in total. The number of nitrogens with one attached hydrogen (secondary N) is 1. The van der Waals surface area contributed by atoms with Crippen molar-refractivity contribution in [1.29, 1.82) is 0 Å². The number of anilines is 1. The summed E-state index contributed by atoms with van der Waals surface area (Å²) in [6.07, 6.45) is 1.78. The van der Waals surface area contributed by atoms with Crippen LogP contribution in [-0.4, -0.2) is 21.6 Å². The molecule has 0 atom stereocenters. The van der Waals surface area contributed by atoms with Gasteiger partial charge in [-0.25, -0.2) is 5.84 Å². The Morgan fingerprint density at radius 2 is 1.95 bits per heavy atom. The molecule has 2 rings (SSSR count). The smallest absolute Gasteiger partial charge is 0.330 e. The minimum atomic E-state index is 0.136. The summed E-state index contributed by atoms with van der Waals surface area (Å²) in [5.74, 6) is 6.19. The number of aryl methyl sites for hydroxylation is 1. The van der Waals surface area contributed by atoms with Gasteiger partial charge in [-0.1, -0.05) is 26.0 Å². The quantitative estimate of drug-likeness (QED) is 0.596. The third kappa shape index (κ3) is 4.28. The number of hydrogen-bond donors (Lipinski definition) is 2. The van der Waals surface area contributed by atoms with Gasteiger partial charge in [0.15, 0.2) is 0 Å². The Hall–Kier alpha value is -2.41. The summed E-state index contributed by atoms with van der Waals surface area (Å²) in [5.41, 5.74) is 3.54. The van der Waals surface area contributed by atoms with E-state index in [9.17, 15) is 0 Å². The van der Waals surface area contributed by atoms with Crippen molar-refractivity contribution in [3.05, 3.63) is 29.8 Å². The first-order valence-corrected chi connectivity index (χ1v) is 6.87. The van der Waals surface area contributed by atoms with Crippen LogP contribution >= 0.6 is 0 Å². The summed E-state index contributed by atoms with van der Waals surface area (Å²) >= 11 is 0. The highest BCUT2D eigenvalue weighted by molar-refractivity contribution is 5.32. The number of ether oxygens (including phenoxy) is 2. The lowest BCUT2D eigenvalue weighted by molar-refractivity contribution is 0.285. The Kier molecular flexibility index (Phi) is 5.28. The van der Waals surface area contributed by atoms with E-state index < -0.39 is 0 Å². The number of rotatable bonds is 7. The molecule has 1 aromatic carbocycles. The topological polar surface area (TPSA) is 95.2 Å². The first kappa shape index (κ1) is 15.0. The van der Waals surface area contributed by atoms with Crippen LogP contribution in [0.25, 0.3) is 0 Å². The molecule has 112 valence electrons. The normalized spacial score (nSPS) is 10.2. The largest absolute Gasteiger partial charge is 0.463 e. The number of hydrogen-bond acceptors (Lipinski definition) is 7. The van der Waals surface area contributed by atoms with Crippen LogP contribution in [0.2, 0.25) is 0 Å². The second-order valence-corrected chi connectivity index (χ2v) is 4.32. The molecule has 2 aromatic rings. The van der Waals surface area contributed by atoms with Crippen LogP contribution in [-0.2, 0) is 6.42 Å². The molecule has 0 radical (unpaired) electrons. The van der Waals surface area contributed by atoms with Gasteiger partial charge in [-0.15, -0.1) is 4.98 Å². The van der Waals surface area contributed by atoms with E-state index in [0.717, 1.165) is 12.8 Å². The molecule has 7 nitrogen and oxygen atoms in total. The molecule has 0 aliphatic carbocycles. The fraction of sp³-hybridized carbons (Fsp3) is 0.357. The number of nitrogens with zero attached hydrogens (tertiary/aromatic N) is 3. The minimum Gasteiger partial charge on any atom is -0.463 e. The SMILES string of the molecule is CCCOc1nc(NN)nc(Oc2cccc(CC)c2)n1. The summed E-state index contributed by atoms with van der Waals surface area (Å²) in [4.78, 5) is 12.2. The highest BCUT2D eigenvalue weighted by atomic mass is 16.5. The number of benzene rings is 1. The Morgan fingerprint density at radius 1 is 1.14 bits per heavy atom. The van der Waals surface area contributed by atoms with Gasteiger partial charge in [-0.3, -0.25) is 5.43 Å². The van der Waals surface area contributed by atoms with Gasteiger partial charge in [0.05, 0.1) is 6.61 Å². The van der Waals surface area contributed by atoms with Gasteiger partial charge in [0, 0.05) is 0 Å². The summed E-state index contributed by atoms with van der Waals surface area (Å²) in [6.45, 7) is 4.59. The van der Waals surface area contributed by atoms with Crippen LogP contribution in [0.5, 0.6) is 17.8 Å². The lowest BCUT2D eigenvalue weighted by Crippen LogP contribution is -2.13. The number of hydrazine groups is 1. The molecule has 0 saturated heterocycles. The Labute approximate surface area is 123 Å². The molecule has 0 bridgehead atoms. The van der Waals surface area contributed by atoms with Crippen LogP contribution in [0, 0.1) is 0 Å². The van der Waals surface area contributed by atoms with Crippen LogP contribution in [0.15, 0.2) is 24.3 Å². The van der Waals surface area contributed by atoms with Crippen molar-refractivity contribution in [3.8, 4) is 17.8 Å². The fourth-order valence-electron chi connectivity index (χ4n) is 1.64. The first-order valence-electron chi connectivity index (χ1n) is 6.87. The van der Waals surface area contributed by atoms with Crippen molar-refractivity contribution in [3.63, 3.8) is 0 Å². The first-order chi connectivity index (χ1) is 10.2. The van der Waals surface area contributed by atoms with Gasteiger partial charge in [-0.05, 0) is 30.5 Å². The minimum absolute atomic E-state index is 0.136. The lowest BCUT2D eigenvalue weighted by atomic mass is 10.2.